The second kappa shape index (κ2) is 8.44. The molecule has 0 bridgehead atoms. The Morgan fingerprint density at radius 2 is 1.64 bits per heavy atom. The molecule has 0 saturated heterocycles. The molecule has 5 rings (SSSR count). The number of fused-ring (bicyclic) bond motifs is 2. The predicted octanol–water partition coefficient (Wildman–Crippen LogP) is 5.80. The molecule has 0 saturated carbocycles. The molecule has 2 N–H and O–H groups in total. The van der Waals surface area contributed by atoms with Crippen molar-refractivity contribution in [1.29, 1.82) is 0 Å². The van der Waals surface area contributed by atoms with E-state index in [2.05, 4.69) is 27.2 Å². The third kappa shape index (κ3) is 4.39. The summed E-state index contributed by atoms with van der Waals surface area (Å²) in [6, 6.07) is 19.3. The second-order valence-electron chi connectivity index (χ2n) is 8.08. The zero-order valence-corrected chi connectivity index (χ0v) is 18.4. The van der Waals surface area contributed by atoms with Crippen molar-refractivity contribution in [2.45, 2.75) is 30.2 Å². The Morgan fingerprint density at radius 1 is 0.909 bits per heavy atom. The summed E-state index contributed by atoms with van der Waals surface area (Å²) in [5.74, 6) is -1.58. The Labute approximate surface area is 190 Å². The summed E-state index contributed by atoms with van der Waals surface area (Å²) in [4.78, 5) is 4.17. The number of benzene rings is 3. The van der Waals surface area contributed by atoms with Crippen molar-refractivity contribution >= 4 is 32.4 Å². The lowest BCUT2D eigenvalue weighted by molar-refractivity contribution is 0.568. The average Bonchev–Trinajstić information content (AvgIpc) is 2.79. The van der Waals surface area contributed by atoms with E-state index in [9.17, 15) is 17.2 Å². The first-order valence-corrected chi connectivity index (χ1v) is 12.1. The summed E-state index contributed by atoms with van der Waals surface area (Å²) in [6.45, 7) is 0. The molecule has 3 aromatic carbocycles. The fourth-order valence-corrected chi connectivity index (χ4v) is 5.36. The number of rotatable bonds is 5. The molecule has 1 aliphatic carbocycles. The SMILES string of the molecule is O=S(=O)(Nc1cc2ccccc2nc1NC1CCCc2ccccc21)c1cc(F)cc(F)c1. The molecule has 1 unspecified atom stereocenters. The standard InChI is InChI=1S/C25H21F2N3O2S/c26-18-13-19(27)15-20(14-18)33(31,32)30-24-12-17-7-2-4-10-22(17)28-25(24)29-23-11-5-8-16-6-1-3-9-21(16)23/h1-4,6-7,9-10,12-15,23,30H,5,8,11H2,(H,28,29). The van der Waals surface area contributed by atoms with E-state index in [1.807, 2.05) is 36.4 Å². The first-order valence-electron chi connectivity index (χ1n) is 10.6. The van der Waals surface area contributed by atoms with Crippen molar-refractivity contribution in [3.05, 3.63) is 95.6 Å². The van der Waals surface area contributed by atoms with Crippen LogP contribution in [0.15, 0.2) is 77.7 Å². The van der Waals surface area contributed by atoms with Crippen LogP contribution in [0.4, 0.5) is 20.3 Å². The van der Waals surface area contributed by atoms with E-state index in [1.165, 1.54) is 5.56 Å². The lowest BCUT2D eigenvalue weighted by atomic mass is 9.88. The van der Waals surface area contributed by atoms with Gasteiger partial charge >= 0.3 is 0 Å². The first-order chi connectivity index (χ1) is 15.9. The van der Waals surface area contributed by atoms with Crippen LogP contribution in [-0.2, 0) is 16.4 Å². The summed E-state index contributed by atoms with van der Waals surface area (Å²) < 4.78 is 55.8. The van der Waals surface area contributed by atoms with Crippen LogP contribution >= 0.6 is 0 Å². The molecule has 168 valence electrons. The van der Waals surface area contributed by atoms with Gasteiger partial charge in [-0.3, -0.25) is 4.72 Å². The average molecular weight is 466 g/mol. The molecule has 0 spiro atoms. The Balaban J connectivity index is 1.57. The highest BCUT2D eigenvalue weighted by molar-refractivity contribution is 7.92. The number of pyridine rings is 1. The van der Waals surface area contributed by atoms with Gasteiger partial charge in [0.05, 0.1) is 22.1 Å². The van der Waals surface area contributed by atoms with Gasteiger partial charge in [-0.15, -0.1) is 0 Å². The minimum atomic E-state index is -4.26. The molecule has 1 heterocycles. The van der Waals surface area contributed by atoms with Gasteiger partial charge in [-0.1, -0.05) is 42.5 Å². The molecule has 33 heavy (non-hydrogen) atoms. The quantitative estimate of drug-likeness (QED) is 0.391. The van der Waals surface area contributed by atoms with E-state index >= 15 is 0 Å². The smallest absolute Gasteiger partial charge is 0.262 e. The molecular formula is C25H21F2N3O2S. The number of sulfonamides is 1. The van der Waals surface area contributed by atoms with Gasteiger partial charge in [0.25, 0.3) is 10.0 Å². The third-order valence-electron chi connectivity index (χ3n) is 5.80. The van der Waals surface area contributed by atoms with Crippen LogP contribution in [-0.4, -0.2) is 13.4 Å². The number of halogens is 2. The van der Waals surface area contributed by atoms with Crippen LogP contribution in [0, 0.1) is 11.6 Å². The molecule has 0 amide bonds. The normalized spacial score (nSPS) is 15.8. The summed E-state index contributed by atoms with van der Waals surface area (Å²) >= 11 is 0. The Hall–Kier alpha value is -3.52. The number of nitrogens with zero attached hydrogens (tertiary/aromatic N) is 1. The number of para-hydroxylation sites is 1. The minimum Gasteiger partial charge on any atom is -0.361 e. The van der Waals surface area contributed by atoms with E-state index in [0.29, 0.717) is 17.4 Å². The topological polar surface area (TPSA) is 71.1 Å². The van der Waals surface area contributed by atoms with Gasteiger partial charge in [-0.25, -0.2) is 22.2 Å². The molecule has 0 radical (unpaired) electrons. The zero-order valence-electron chi connectivity index (χ0n) is 17.6. The highest BCUT2D eigenvalue weighted by atomic mass is 32.2. The number of hydrogen-bond donors (Lipinski definition) is 2. The maximum atomic E-state index is 13.7. The van der Waals surface area contributed by atoms with Gasteiger partial charge in [-0.05, 0) is 54.7 Å². The highest BCUT2D eigenvalue weighted by Gasteiger charge is 2.24. The molecule has 0 aliphatic heterocycles. The van der Waals surface area contributed by atoms with Gasteiger partial charge in [0.2, 0.25) is 0 Å². The molecule has 1 atom stereocenters. The van der Waals surface area contributed by atoms with Crippen LogP contribution in [0.5, 0.6) is 0 Å². The van der Waals surface area contributed by atoms with Gasteiger partial charge in [0, 0.05) is 11.5 Å². The van der Waals surface area contributed by atoms with Gasteiger partial charge in [0.15, 0.2) is 5.82 Å². The predicted molar refractivity (Wildman–Crippen MR) is 125 cm³/mol. The van der Waals surface area contributed by atoms with Crippen LogP contribution < -0.4 is 10.0 Å². The maximum absolute atomic E-state index is 13.7. The van der Waals surface area contributed by atoms with Gasteiger partial charge in [-0.2, -0.15) is 0 Å². The lowest BCUT2D eigenvalue weighted by Gasteiger charge is -2.28. The van der Waals surface area contributed by atoms with E-state index in [4.69, 9.17) is 0 Å². The molecule has 0 fully saturated rings. The first kappa shape index (κ1) is 21.3. The summed E-state index contributed by atoms with van der Waals surface area (Å²) in [7, 11) is -4.26. The van der Waals surface area contributed by atoms with Crippen molar-refractivity contribution in [3.8, 4) is 0 Å². The van der Waals surface area contributed by atoms with Crippen molar-refractivity contribution in [3.63, 3.8) is 0 Å². The summed E-state index contributed by atoms with van der Waals surface area (Å²) in [5.41, 5.74) is 3.31. The van der Waals surface area contributed by atoms with Crippen molar-refractivity contribution in [2.24, 2.45) is 0 Å². The fraction of sp³-hybridized carbons (Fsp3) is 0.160. The van der Waals surface area contributed by atoms with Gasteiger partial charge in [0.1, 0.15) is 11.6 Å². The number of hydrogen-bond acceptors (Lipinski definition) is 4. The maximum Gasteiger partial charge on any atom is 0.262 e. The largest absolute Gasteiger partial charge is 0.361 e. The summed E-state index contributed by atoms with van der Waals surface area (Å²) in [6.07, 6.45) is 2.85. The van der Waals surface area contributed by atoms with Crippen LogP contribution in [0.1, 0.15) is 30.0 Å². The molecule has 5 nitrogen and oxygen atoms in total. The third-order valence-corrected chi connectivity index (χ3v) is 7.14. The monoisotopic (exact) mass is 465 g/mol. The molecular weight excluding hydrogens is 444 g/mol. The van der Waals surface area contributed by atoms with Crippen LogP contribution in [0.2, 0.25) is 0 Å². The molecule has 1 aromatic heterocycles. The number of nitrogens with one attached hydrogen (secondary N) is 2. The van der Waals surface area contributed by atoms with Crippen molar-refractivity contribution in [1.82, 2.24) is 4.98 Å². The molecule has 8 heteroatoms. The second-order valence-corrected chi connectivity index (χ2v) is 9.76. The molecule has 1 aliphatic rings. The Bertz CT molecular complexity index is 1440. The van der Waals surface area contributed by atoms with Crippen LogP contribution in [0.25, 0.3) is 10.9 Å². The van der Waals surface area contributed by atoms with E-state index < -0.39 is 26.6 Å². The Kier molecular flexibility index (Phi) is 5.46. The zero-order chi connectivity index (χ0) is 23.0. The number of aromatic nitrogens is 1. The van der Waals surface area contributed by atoms with E-state index in [-0.39, 0.29) is 11.7 Å². The Morgan fingerprint density at radius 3 is 2.45 bits per heavy atom. The van der Waals surface area contributed by atoms with Crippen molar-refractivity contribution in [2.75, 3.05) is 10.0 Å². The number of anilines is 2. The lowest BCUT2D eigenvalue weighted by Crippen LogP contribution is -2.20. The summed E-state index contributed by atoms with van der Waals surface area (Å²) in [5, 5.41) is 4.14. The van der Waals surface area contributed by atoms with Crippen molar-refractivity contribution < 1.29 is 17.2 Å². The number of aryl methyl sites for hydroxylation is 1. The van der Waals surface area contributed by atoms with E-state index in [1.54, 1.807) is 6.07 Å². The van der Waals surface area contributed by atoms with E-state index in [0.717, 1.165) is 42.3 Å². The molecule has 4 aromatic rings. The minimum absolute atomic E-state index is 0.0431. The van der Waals surface area contributed by atoms with Crippen LogP contribution in [0.3, 0.4) is 0 Å². The highest BCUT2D eigenvalue weighted by Crippen LogP contribution is 2.35. The fourth-order valence-electron chi connectivity index (χ4n) is 4.26. The van der Waals surface area contributed by atoms with Gasteiger partial charge < -0.3 is 5.32 Å².